The first-order valence-electron chi connectivity index (χ1n) is 4.81. The summed E-state index contributed by atoms with van der Waals surface area (Å²) in [6, 6.07) is -0.789. The van der Waals surface area contributed by atoms with Crippen LogP contribution in [0.1, 0.15) is 0 Å². The Bertz CT molecular complexity index is 212. The molecule has 1 heterocycles. The Kier molecular flexibility index (Phi) is 4.65. The van der Waals surface area contributed by atoms with Gasteiger partial charge in [0.1, 0.15) is 18.3 Å². The van der Waals surface area contributed by atoms with Gasteiger partial charge in [-0.2, -0.15) is 0 Å². The molecule has 0 aromatic rings. The van der Waals surface area contributed by atoms with E-state index in [0.29, 0.717) is 0 Å². The summed E-state index contributed by atoms with van der Waals surface area (Å²) in [6.07, 6.45) is -2.05. The van der Waals surface area contributed by atoms with Gasteiger partial charge >= 0.3 is 0 Å². The third kappa shape index (κ3) is 2.75. The SMILES string of the molecule is C=CCO[C@H]1O[C@H](CN)C(O)[C@H](O)[C@H]1N. The molecule has 0 aromatic heterocycles. The maximum Gasteiger partial charge on any atom is 0.176 e. The van der Waals surface area contributed by atoms with E-state index in [2.05, 4.69) is 6.58 Å². The Morgan fingerprint density at radius 2 is 2.07 bits per heavy atom. The maximum atomic E-state index is 9.60. The highest BCUT2D eigenvalue weighted by Gasteiger charge is 2.42. The van der Waals surface area contributed by atoms with E-state index in [1.54, 1.807) is 6.08 Å². The van der Waals surface area contributed by atoms with Crippen LogP contribution in [0.4, 0.5) is 0 Å². The summed E-state index contributed by atoms with van der Waals surface area (Å²) in [7, 11) is 0. The van der Waals surface area contributed by atoms with Crippen LogP contribution in [0, 0.1) is 0 Å². The molecule has 1 unspecified atom stereocenters. The van der Waals surface area contributed by atoms with Gasteiger partial charge in [0.05, 0.1) is 12.6 Å². The van der Waals surface area contributed by atoms with Crippen LogP contribution in [0.3, 0.4) is 0 Å². The summed E-state index contributed by atoms with van der Waals surface area (Å²) >= 11 is 0. The fraction of sp³-hybridized carbons (Fsp3) is 0.778. The second-order valence-corrected chi connectivity index (χ2v) is 3.46. The molecular weight excluding hydrogens is 200 g/mol. The second kappa shape index (κ2) is 5.55. The van der Waals surface area contributed by atoms with Gasteiger partial charge in [0.25, 0.3) is 0 Å². The van der Waals surface area contributed by atoms with Gasteiger partial charge in [0.2, 0.25) is 0 Å². The largest absolute Gasteiger partial charge is 0.388 e. The highest BCUT2D eigenvalue weighted by molar-refractivity contribution is 4.92. The van der Waals surface area contributed by atoms with E-state index in [1.165, 1.54) is 0 Å². The summed E-state index contributed by atoms with van der Waals surface area (Å²) in [5, 5.41) is 19.1. The van der Waals surface area contributed by atoms with Gasteiger partial charge in [-0.05, 0) is 0 Å². The van der Waals surface area contributed by atoms with E-state index in [4.69, 9.17) is 20.9 Å². The zero-order chi connectivity index (χ0) is 11.4. The minimum absolute atomic E-state index is 0.0961. The lowest BCUT2D eigenvalue weighted by Gasteiger charge is -2.40. The molecule has 0 radical (unpaired) electrons. The zero-order valence-corrected chi connectivity index (χ0v) is 8.45. The van der Waals surface area contributed by atoms with Gasteiger partial charge in [-0.25, -0.2) is 0 Å². The van der Waals surface area contributed by atoms with Crippen molar-refractivity contribution in [1.29, 1.82) is 0 Å². The molecule has 1 saturated heterocycles. The minimum atomic E-state index is -1.10. The van der Waals surface area contributed by atoms with Crippen LogP contribution >= 0.6 is 0 Å². The number of aliphatic hydroxyl groups is 2. The molecule has 6 heteroatoms. The van der Waals surface area contributed by atoms with Gasteiger partial charge in [-0.1, -0.05) is 6.08 Å². The Morgan fingerprint density at radius 3 is 2.60 bits per heavy atom. The molecule has 1 fully saturated rings. The number of rotatable bonds is 4. The van der Waals surface area contributed by atoms with Crippen LogP contribution < -0.4 is 11.5 Å². The summed E-state index contributed by atoms with van der Waals surface area (Å²) < 4.78 is 10.5. The monoisotopic (exact) mass is 218 g/mol. The Labute approximate surface area is 88.5 Å². The molecule has 0 amide bonds. The molecule has 0 aromatic carbocycles. The minimum Gasteiger partial charge on any atom is -0.388 e. The number of aliphatic hydroxyl groups excluding tert-OH is 2. The quantitative estimate of drug-likeness (QED) is 0.403. The highest BCUT2D eigenvalue weighted by Crippen LogP contribution is 2.20. The van der Waals surface area contributed by atoms with Crippen molar-refractivity contribution in [2.24, 2.45) is 11.5 Å². The first kappa shape index (κ1) is 12.6. The molecule has 0 spiro atoms. The first-order valence-corrected chi connectivity index (χ1v) is 4.81. The molecule has 5 atom stereocenters. The van der Waals surface area contributed by atoms with Crippen molar-refractivity contribution in [3.63, 3.8) is 0 Å². The molecule has 0 aliphatic carbocycles. The van der Waals surface area contributed by atoms with Gasteiger partial charge in [-0.15, -0.1) is 6.58 Å². The number of nitrogens with two attached hydrogens (primary N) is 2. The smallest absolute Gasteiger partial charge is 0.176 e. The van der Waals surface area contributed by atoms with Crippen molar-refractivity contribution >= 4 is 0 Å². The molecule has 15 heavy (non-hydrogen) atoms. The van der Waals surface area contributed by atoms with Crippen LogP contribution in [-0.2, 0) is 9.47 Å². The van der Waals surface area contributed by atoms with Gasteiger partial charge in [-0.3, -0.25) is 0 Å². The lowest BCUT2D eigenvalue weighted by Crippen LogP contribution is -2.63. The fourth-order valence-corrected chi connectivity index (χ4v) is 1.46. The molecule has 0 saturated carbocycles. The van der Waals surface area contributed by atoms with E-state index in [0.717, 1.165) is 0 Å². The Balaban J connectivity index is 2.60. The van der Waals surface area contributed by atoms with E-state index in [9.17, 15) is 10.2 Å². The van der Waals surface area contributed by atoms with Crippen molar-refractivity contribution in [3.8, 4) is 0 Å². The maximum absolute atomic E-state index is 9.60. The van der Waals surface area contributed by atoms with Crippen molar-refractivity contribution in [1.82, 2.24) is 0 Å². The number of ether oxygens (including phenoxy) is 2. The topological polar surface area (TPSA) is 111 Å². The molecule has 1 aliphatic rings. The van der Waals surface area contributed by atoms with Crippen LogP contribution in [0.2, 0.25) is 0 Å². The summed E-state index contributed by atoms with van der Waals surface area (Å²) in [4.78, 5) is 0. The third-order valence-corrected chi connectivity index (χ3v) is 2.36. The summed E-state index contributed by atoms with van der Waals surface area (Å²) in [5.41, 5.74) is 11.0. The Morgan fingerprint density at radius 1 is 1.40 bits per heavy atom. The van der Waals surface area contributed by atoms with Gasteiger partial charge in [0.15, 0.2) is 6.29 Å². The zero-order valence-electron chi connectivity index (χ0n) is 8.45. The van der Waals surface area contributed by atoms with Crippen LogP contribution in [0.15, 0.2) is 12.7 Å². The van der Waals surface area contributed by atoms with Gasteiger partial charge < -0.3 is 31.2 Å². The van der Waals surface area contributed by atoms with Crippen molar-refractivity contribution in [3.05, 3.63) is 12.7 Å². The Hall–Kier alpha value is -0.500. The van der Waals surface area contributed by atoms with E-state index in [1.807, 2.05) is 0 Å². The van der Waals surface area contributed by atoms with Crippen LogP contribution in [0.5, 0.6) is 0 Å². The normalized spacial score (nSPS) is 41.5. The van der Waals surface area contributed by atoms with Crippen molar-refractivity contribution in [2.45, 2.75) is 30.6 Å². The predicted molar refractivity (Wildman–Crippen MR) is 53.9 cm³/mol. The summed E-state index contributed by atoms with van der Waals surface area (Å²) in [5.74, 6) is 0. The molecule has 1 aliphatic heterocycles. The molecule has 6 N–H and O–H groups in total. The molecule has 1 rings (SSSR count). The molecule has 88 valence electrons. The standard InChI is InChI=1S/C9H18N2O4/c1-2-3-14-9-6(11)8(13)7(12)5(4-10)15-9/h2,5-9,12-13H,1,3-4,10-11H2/t5-,6-,7?,8-,9+/m1/s1. The predicted octanol–water partition coefficient (Wildman–Crippen LogP) is -2.08. The van der Waals surface area contributed by atoms with Crippen molar-refractivity contribution < 1.29 is 19.7 Å². The first-order chi connectivity index (χ1) is 7.11. The molecule has 6 nitrogen and oxygen atoms in total. The third-order valence-electron chi connectivity index (χ3n) is 2.36. The van der Waals surface area contributed by atoms with Crippen LogP contribution in [0.25, 0.3) is 0 Å². The van der Waals surface area contributed by atoms with E-state index >= 15 is 0 Å². The lowest BCUT2D eigenvalue weighted by molar-refractivity contribution is -0.253. The average Bonchev–Trinajstić information content (AvgIpc) is 2.25. The molecular formula is C9H18N2O4. The summed E-state index contributed by atoms with van der Waals surface area (Å²) in [6.45, 7) is 3.84. The van der Waals surface area contributed by atoms with Crippen LogP contribution in [-0.4, -0.2) is 54.0 Å². The average molecular weight is 218 g/mol. The molecule has 0 bridgehead atoms. The number of hydrogen-bond acceptors (Lipinski definition) is 6. The van der Waals surface area contributed by atoms with Gasteiger partial charge in [0, 0.05) is 6.54 Å². The second-order valence-electron chi connectivity index (χ2n) is 3.46. The van der Waals surface area contributed by atoms with Crippen molar-refractivity contribution in [2.75, 3.05) is 13.2 Å². The fourth-order valence-electron chi connectivity index (χ4n) is 1.46. The lowest BCUT2D eigenvalue weighted by atomic mass is 9.97. The highest BCUT2D eigenvalue weighted by atomic mass is 16.7. The van der Waals surface area contributed by atoms with E-state index in [-0.39, 0.29) is 13.2 Å². The number of hydrogen-bond donors (Lipinski definition) is 4. The van der Waals surface area contributed by atoms with E-state index < -0.39 is 30.6 Å².